The largest absolute Gasteiger partial charge is 0.508 e. The van der Waals surface area contributed by atoms with Crippen LogP contribution in [0.4, 0.5) is 0 Å². The van der Waals surface area contributed by atoms with Crippen LogP contribution >= 0.6 is 0 Å². The lowest BCUT2D eigenvalue weighted by atomic mass is 10.1. The van der Waals surface area contributed by atoms with Crippen LogP contribution in [0.5, 0.6) is 5.75 Å². The fraction of sp³-hybridized carbons (Fsp3) is 0.286. The molecule has 1 aromatic carbocycles. The molecule has 16 heavy (non-hydrogen) atoms. The van der Waals surface area contributed by atoms with Crippen molar-refractivity contribution >= 4 is 5.57 Å². The lowest BCUT2D eigenvalue weighted by molar-refractivity contribution is 0.133. The molecule has 0 amide bonds. The SMILES string of the molecule is C/C(=C\C=C\C(C)(C)O)c1cccc(O)c1. The molecule has 0 spiro atoms. The molecule has 2 nitrogen and oxygen atoms in total. The van der Waals surface area contributed by atoms with Gasteiger partial charge in [0.25, 0.3) is 0 Å². The van der Waals surface area contributed by atoms with E-state index in [-0.39, 0.29) is 5.75 Å². The summed E-state index contributed by atoms with van der Waals surface area (Å²) in [6.45, 7) is 5.41. The summed E-state index contributed by atoms with van der Waals surface area (Å²) in [6.07, 6.45) is 5.45. The van der Waals surface area contributed by atoms with Crippen molar-refractivity contribution in [3.05, 3.63) is 48.1 Å². The molecule has 0 aromatic heterocycles. The summed E-state index contributed by atoms with van der Waals surface area (Å²) in [5.74, 6) is 0.261. The monoisotopic (exact) mass is 218 g/mol. The molecule has 0 atom stereocenters. The van der Waals surface area contributed by atoms with Gasteiger partial charge in [-0.05, 0) is 44.0 Å². The second kappa shape index (κ2) is 4.99. The summed E-state index contributed by atoms with van der Waals surface area (Å²) in [4.78, 5) is 0. The van der Waals surface area contributed by atoms with Crippen LogP contribution in [0, 0.1) is 0 Å². The van der Waals surface area contributed by atoms with E-state index in [1.807, 2.05) is 31.2 Å². The Morgan fingerprint density at radius 1 is 1.31 bits per heavy atom. The van der Waals surface area contributed by atoms with Gasteiger partial charge in [0, 0.05) is 0 Å². The molecule has 0 aliphatic carbocycles. The Labute approximate surface area is 96.6 Å². The van der Waals surface area contributed by atoms with Gasteiger partial charge in [0.15, 0.2) is 0 Å². The maximum atomic E-state index is 9.49. The van der Waals surface area contributed by atoms with Gasteiger partial charge in [0.1, 0.15) is 5.75 Å². The highest BCUT2D eigenvalue weighted by Gasteiger charge is 2.04. The number of allylic oxidation sites excluding steroid dienone is 3. The Bertz CT molecular complexity index is 409. The normalized spacial score (nSPS) is 13.4. The van der Waals surface area contributed by atoms with E-state index in [9.17, 15) is 10.2 Å². The van der Waals surface area contributed by atoms with Crippen LogP contribution in [0.25, 0.3) is 5.57 Å². The van der Waals surface area contributed by atoms with Crippen molar-refractivity contribution in [1.82, 2.24) is 0 Å². The molecule has 0 heterocycles. The van der Waals surface area contributed by atoms with E-state index in [2.05, 4.69) is 0 Å². The lowest BCUT2D eigenvalue weighted by Crippen LogP contribution is -2.13. The molecule has 0 aliphatic heterocycles. The number of phenols is 1. The average Bonchev–Trinajstić information content (AvgIpc) is 2.15. The lowest BCUT2D eigenvalue weighted by Gasteiger charge is -2.09. The van der Waals surface area contributed by atoms with E-state index >= 15 is 0 Å². The van der Waals surface area contributed by atoms with Gasteiger partial charge in [0.05, 0.1) is 5.60 Å². The van der Waals surface area contributed by atoms with Gasteiger partial charge in [-0.25, -0.2) is 0 Å². The van der Waals surface area contributed by atoms with Gasteiger partial charge in [0.2, 0.25) is 0 Å². The van der Waals surface area contributed by atoms with Gasteiger partial charge in [-0.1, -0.05) is 30.4 Å². The van der Waals surface area contributed by atoms with E-state index in [1.54, 1.807) is 32.1 Å². The van der Waals surface area contributed by atoms with Crippen molar-refractivity contribution in [2.75, 3.05) is 0 Å². The highest BCUT2D eigenvalue weighted by molar-refractivity contribution is 5.66. The second-order valence-corrected chi connectivity index (χ2v) is 4.41. The zero-order valence-corrected chi connectivity index (χ0v) is 9.94. The third kappa shape index (κ3) is 4.32. The average molecular weight is 218 g/mol. The van der Waals surface area contributed by atoms with Crippen molar-refractivity contribution in [2.24, 2.45) is 0 Å². The summed E-state index contributed by atoms with van der Waals surface area (Å²) >= 11 is 0. The number of rotatable bonds is 3. The molecule has 0 unspecified atom stereocenters. The fourth-order valence-electron chi connectivity index (χ4n) is 1.28. The molecule has 0 saturated carbocycles. The van der Waals surface area contributed by atoms with Crippen LogP contribution in [-0.4, -0.2) is 15.8 Å². The predicted octanol–water partition coefficient (Wildman–Crippen LogP) is 3.12. The van der Waals surface area contributed by atoms with E-state index in [4.69, 9.17) is 0 Å². The van der Waals surface area contributed by atoms with Gasteiger partial charge >= 0.3 is 0 Å². The summed E-state index contributed by atoms with van der Waals surface area (Å²) in [5, 5.41) is 18.8. The van der Waals surface area contributed by atoms with Crippen molar-refractivity contribution in [1.29, 1.82) is 0 Å². The molecule has 1 aromatic rings. The topological polar surface area (TPSA) is 40.5 Å². The summed E-state index contributed by atoms with van der Waals surface area (Å²) in [7, 11) is 0. The molecular weight excluding hydrogens is 200 g/mol. The number of aliphatic hydroxyl groups is 1. The third-order valence-electron chi connectivity index (χ3n) is 2.15. The van der Waals surface area contributed by atoms with Crippen molar-refractivity contribution in [3.63, 3.8) is 0 Å². The Balaban J connectivity index is 2.82. The zero-order valence-electron chi connectivity index (χ0n) is 9.94. The standard InChI is InChI=1S/C14H18O2/c1-11(6-5-9-14(2,3)16)12-7-4-8-13(15)10-12/h4-10,15-16H,1-3H3/b9-5+,11-6+. The minimum Gasteiger partial charge on any atom is -0.508 e. The first kappa shape index (κ1) is 12.5. The molecule has 0 aliphatic rings. The molecule has 86 valence electrons. The fourth-order valence-corrected chi connectivity index (χ4v) is 1.28. The summed E-state index contributed by atoms with van der Waals surface area (Å²) < 4.78 is 0. The molecule has 2 heteroatoms. The summed E-state index contributed by atoms with van der Waals surface area (Å²) in [5.41, 5.74) is 1.21. The van der Waals surface area contributed by atoms with E-state index < -0.39 is 5.60 Å². The number of phenolic OH excluding ortho intramolecular Hbond substituents is 1. The van der Waals surface area contributed by atoms with Crippen LogP contribution in [0.1, 0.15) is 26.3 Å². The number of aromatic hydroxyl groups is 1. The van der Waals surface area contributed by atoms with Gasteiger partial charge in [-0.3, -0.25) is 0 Å². The quantitative estimate of drug-likeness (QED) is 0.765. The maximum Gasteiger partial charge on any atom is 0.116 e. The molecular formula is C14H18O2. The molecule has 0 fully saturated rings. The van der Waals surface area contributed by atoms with Crippen molar-refractivity contribution in [2.45, 2.75) is 26.4 Å². The molecule has 0 bridgehead atoms. The van der Waals surface area contributed by atoms with Gasteiger partial charge in [-0.2, -0.15) is 0 Å². The minimum absolute atomic E-state index is 0.261. The summed E-state index contributed by atoms with van der Waals surface area (Å²) in [6, 6.07) is 7.10. The Hall–Kier alpha value is -1.54. The first-order valence-corrected chi connectivity index (χ1v) is 5.26. The smallest absolute Gasteiger partial charge is 0.116 e. The van der Waals surface area contributed by atoms with E-state index in [0.29, 0.717) is 0 Å². The first-order valence-electron chi connectivity index (χ1n) is 5.26. The van der Waals surface area contributed by atoms with Crippen LogP contribution in [0.3, 0.4) is 0 Å². The zero-order chi connectivity index (χ0) is 12.2. The van der Waals surface area contributed by atoms with Gasteiger partial charge < -0.3 is 10.2 Å². The highest BCUT2D eigenvalue weighted by Crippen LogP contribution is 2.18. The molecule has 0 radical (unpaired) electrons. The van der Waals surface area contributed by atoms with Crippen LogP contribution in [0.15, 0.2) is 42.5 Å². The van der Waals surface area contributed by atoms with E-state index in [1.165, 1.54) is 0 Å². The Kier molecular flexibility index (Phi) is 3.91. The number of hydrogen-bond acceptors (Lipinski definition) is 2. The third-order valence-corrected chi connectivity index (χ3v) is 2.15. The van der Waals surface area contributed by atoms with E-state index in [0.717, 1.165) is 11.1 Å². The van der Waals surface area contributed by atoms with Crippen molar-refractivity contribution in [3.8, 4) is 5.75 Å². The molecule has 1 rings (SSSR count). The molecule has 0 saturated heterocycles. The Morgan fingerprint density at radius 2 is 2.00 bits per heavy atom. The van der Waals surface area contributed by atoms with Crippen molar-refractivity contribution < 1.29 is 10.2 Å². The first-order chi connectivity index (χ1) is 7.38. The van der Waals surface area contributed by atoms with Crippen LogP contribution < -0.4 is 0 Å². The second-order valence-electron chi connectivity index (χ2n) is 4.41. The number of benzene rings is 1. The predicted molar refractivity (Wildman–Crippen MR) is 67.2 cm³/mol. The van der Waals surface area contributed by atoms with Crippen LogP contribution in [-0.2, 0) is 0 Å². The minimum atomic E-state index is -0.796. The van der Waals surface area contributed by atoms with Crippen LogP contribution in [0.2, 0.25) is 0 Å². The molecule has 2 N–H and O–H groups in total. The number of hydrogen-bond donors (Lipinski definition) is 2. The van der Waals surface area contributed by atoms with Gasteiger partial charge in [-0.15, -0.1) is 0 Å². The maximum absolute atomic E-state index is 9.49. The Morgan fingerprint density at radius 3 is 2.56 bits per heavy atom. The highest BCUT2D eigenvalue weighted by atomic mass is 16.3.